The first-order chi connectivity index (χ1) is 8.25. The quantitative estimate of drug-likeness (QED) is 0.890. The fourth-order valence-electron chi connectivity index (χ4n) is 1.68. The van der Waals surface area contributed by atoms with Crippen molar-refractivity contribution in [2.45, 2.75) is 12.6 Å². The van der Waals surface area contributed by atoms with Crippen LogP contribution in [-0.2, 0) is 16.0 Å². The summed E-state index contributed by atoms with van der Waals surface area (Å²) in [7, 11) is 0. The fourth-order valence-corrected chi connectivity index (χ4v) is 2.35. The molecule has 0 amide bonds. The van der Waals surface area contributed by atoms with Gasteiger partial charge in [-0.3, -0.25) is 0 Å². The van der Waals surface area contributed by atoms with E-state index in [4.69, 9.17) is 9.47 Å². The van der Waals surface area contributed by atoms with Gasteiger partial charge < -0.3 is 14.8 Å². The third kappa shape index (κ3) is 4.34. The Morgan fingerprint density at radius 2 is 2.12 bits per heavy atom. The molecule has 1 N–H and O–H groups in total. The molecule has 0 spiro atoms. The second-order valence-corrected chi connectivity index (χ2v) is 5.66. The minimum atomic E-state index is 0.183. The van der Waals surface area contributed by atoms with Gasteiger partial charge in [0.15, 0.2) is 0 Å². The number of halogens is 2. The van der Waals surface area contributed by atoms with Crippen LogP contribution in [0.5, 0.6) is 0 Å². The van der Waals surface area contributed by atoms with Crippen LogP contribution in [0.25, 0.3) is 0 Å². The van der Waals surface area contributed by atoms with Gasteiger partial charge >= 0.3 is 0 Å². The maximum absolute atomic E-state index is 5.55. The number of hydrogen-bond donors (Lipinski definition) is 1. The summed E-state index contributed by atoms with van der Waals surface area (Å²) in [6.45, 7) is 3.78. The van der Waals surface area contributed by atoms with Gasteiger partial charge in [-0.05, 0) is 49.6 Å². The Bertz CT molecular complexity index is 368. The lowest BCUT2D eigenvalue weighted by atomic mass is 10.2. The fraction of sp³-hybridized carbons (Fsp3) is 0.500. The summed E-state index contributed by atoms with van der Waals surface area (Å²) in [5.41, 5.74) is 1.25. The lowest BCUT2D eigenvalue weighted by Gasteiger charge is -2.23. The van der Waals surface area contributed by atoms with Crippen molar-refractivity contribution in [1.82, 2.24) is 5.32 Å². The van der Waals surface area contributed by atoms with Gasteiger partial charge in [-0.1, -0.05) is 6.07 Å². The Balaban J connectivity index is 1.75. The van der Waals surface area contributed by atoms with Crippen LogP contribution in [-0.4, -0.2) is 32.5 Å². The number of benzene rings is 1. The van der Waals surface area contributed by atoms with Gasteiger partial charge in [0, 0.05) is 22.0 Å². The lowest BCUT2D eigenvalue weighted by molar-refractivity contribution is -0.0864. The van der Waals surface area contributed by atoms with Crippen molar-refractivity contribution >= 4 is 31.9 Å². The number of rotatable bonds is 4. The van der Waals surface area contributed by atoms with Crippen LogP contribution in [0.2, 0.25) is 0 Å². The molecule has 0 radical (unpaired) electrons. The third-order valence-electron chi connectivity index (χ3n) is 2.57. The average molecular weight is 365 g/mol. The number of hydrogen-bond acceptors (Lipinski definition) is 3. The topological polar surface area (TPSA) is 30.5 Å². The molecule has 5 heteroatoms. The molecule has 1 unspecified atom stereocenters. The zero-order valence-electron chi connectivity index (χ0n) is 9.42. The Kier molecular flexibility index (Phi) is 5.44. The summed E-state index contributed by atoms with van der Waals surface area (Å²) in [6.07, 6.45) is 0.183. The molecule has 3 nitrogen and oxygen atoms in total. The van der Waals surface area contributed by atoms with E-state index in [0.29, 0.717) is 13.2 Å². The molecule has 94 valence electrons. The molecular weight excluding hydrogens is 350 g/mol. The minimum absolute atomic E-state index is 0.183. The molecule has 0 saturated carbocycles. The molecular formula is C12H15Br2NO2. The summed E-state index contributed by atoms with van der Waals surface area (Å²) in [5.74, 6) is 0. The highest BCUT2D eigenvalue weighted by Gasteiger charge is 2.13. The molecule has 1 heterocycles. The predicted molar refractivity (Wildman–Crippen MR) is 74.1 cm³/mol. The van der Waals surface area contributed by atoms with Gasteiger partial charge in [-0.2, -0.15) is 0 Å². The largest absolute Gasteiger partial charge is 0.376 e. The molecule has 1 atom stereocenters. The van der Waals surface area contributed by atoms with Crippen LogP contribution >= 0.6 is 31.9 Å². The standard InChI is InChI=1S/C12H15Br2NO2/c13-11-2-1-9(5-12(11)14)6-15-7-10-8-16-3-4-17-10/h1-2,5,10,15H,3-4,6-8H2. The van der Waals surface area contributed by atoms with Crippen LogP contribution in [0, 0.1) is 0 Å². The first-order valence-corrected chi connectivity index (χ1v) is 7.18. The molecule has 0 bridgehead atoms. The van der Waals surface area contributed by atoms with E-state index in [9.17, 15) is 0 Å². The van der Waals surface area contributed by atoms with Crippen LogP contribution in [0.15, 0.2) is 27.1 Å². The summed E-state index contributed by atoms with van der Waals surface area (Å²) in [6, 6.07) is 6.25. The molecule has 1 aromatic carbocycles. The van der Waals surface area contributed by atoms with Gasteiger partial charge in [0.1, 0.15) is 0 Å². The van der Waals surface area contributed by atoms with Crippen LogP contribution in [0.4, 0.5) is 0 Å². The van der Waals surface area contributed by atoms with Crippen molar-refractivity contribution in [1.29, 1.82) is 0 Å². The highest BCUT2D eigenvalue weighted by atomic mass is 79.9. The molecule has 0 aromatic heterocycles. The van der Waals surface area contributed by atoms with E-state index in [1.165, 1.54) is 5.56 Å². The third-order valence-corrected chi connectivity index (χ3v) is 4.45. The van der Waals surface area contributed by atoms with Crippen molar-refractivity contribution < 1.29 is 9.47 Å². The average Bonchev–Trinajstić information content (AvgIpc) is 2.35. The summed E-state index contributed by atoms with van der Waals surface area (Å²) >= 11 is 6.95. The normalized spacial score (nSPS) is 20.5. The highest BCUT2D eigenvalue weighted by Crippen LogP contribution is 2.23. The second-order valence-electron chi connectivity index (χ2n) is 3.95. The van der Waals surface area contributed by atoms with Crippen LogP contribution in [0.1, 0.15) is 5.56 Å². The van der Waals surface area contributed by atoms with E-state index in [2.05, 4.69) is 49.3 Å². The van der Waals surface area contributed by atoms with Crippen molar-refractivity contribution in [2.24, 2.45) is 0 Å². The molecule has 1 saturated heterocycles. The number of ether oxygens (including phenoxy) is 2. The molecule has 2 rings (SSSR count). The Morgan fingerprint density at radius 1 is 1.24 bits per heavy atom. The molecule has 17 heavy (non-hydrogen) atoms. The maximum Gasteiger partial charge on any atom is 0.0933 e. The van der Waals surface area contributed by atoms with Crippen molar-refractivity contribution in [3.63, 3.8) is 0 Å². The van der Waals surface area contributed by atoms with E-state index in [1.807, 2.05) is 6.07 Å². The van der Waals surface area contributed by atoms with E-state index < -0.39 is 0 Å². The minimum Gasteiger partial charge on any atom is -0.376 e. The van der Waals surface area contributed by atoms with Gasteiger partial charge in [0.25, 0.3) is 0 Å². The van der Waals surface area contributed by atoms with Crippen molar-refractivity contribution in [3.8, 4) is 0 Å². The highest BCUT2D eigenvalue weighted by molar-refractivity contribution is 9.13. The molecule has 1 aromatic rings. The molecule has 1 aliphatic rings. The first-order valence-electron chi connectivity index (χ1n) is 5.59. The lowest BCUT2D eigenvalue weighted by Crippen LogP contribution is -2.37. The van der Waals surface area contributed by atoms with Crippen LogP contribution in [0.3, 0.4) is 0 Å². The summed E-state index contributed by atoms with van der Waals surface area (Å²) < 4.78 is 13.0. The zero-order valence-corrected chi connectivity index (χ0v) is 12.6. The second kappa shape index (κ2) is 6.85. The van der Waals surface area contributed by atoms with Gasteiger partial charge in [0.2, 0.25) is 0 Å². The van der Waals surface area contributed by atoms with Gasteiger partial charge in [0.05, 0.1) is 25.9 Å². The molecule has 1 fully saturated rings. The van der Waals surface area contributed by atoms with Crippen molar-refractivity contribution in [2.75, 3.05) is 26.4 Å². The van der Waals surface area contributed by atoms with Gasteiger partial charge in [-0.25, -0.2) is 0 Å². The summed E-state index contributed by atoms with van der Waals surface area (Å²) in [4.78, 5) is 0. The monoisotopic (exact) mass is 363 g/mol. The zero-order chi connectivity index (χ0) is 12.1. The Morgan fingerprint density at radius 3 is 2.82 bits per heavy atom. The van der Waals surface area contributed by atoms with E-state index in [0.717, 1.165) is 28.6 Å². The predicted octanol–water partition coefficient (Wildman–Crippen LogP) is 2.72. The Hall–Kier alpha value is 0.0600. The first kappa shape index (κ1) is 13.5. The molecule has 1 aliphatic heterocycles. The van der Waals surface area contributed by atoms with E-state index >= 15 is 0 Å². The Labute approximate surface area is 118 Å². The van der Waals surface area contributed by atoms with E-state index in [1.54, 1.807) is 0 Å². The van der Waals surface area contributed by atoms with E-state index in [-0.39, 0.29) is 6.10 Å². The maximum atomic E-state index is 5.55. The smallest absolute Gasteiger partial charge is 0.0933 e. The summed E-state index contributed by atoms with van der Waals surface area (Å²) in [5, 5.41) is 3.38. The molecule has 0 aliphatic carbocycles. The number of nitrogens with one attached hydrogen (secondary N) is 1. The van der Waals surface area contributed by atoms with Gasteiger partial charge in [-0.15, -0.1) is 0 Å². The SMILES string of the molecule is Brc1ccc(CNCC2COCCO2)cc1Br. The van der Waals surface area contributed by atoms with Crippen molar-refractivity contribution in [3.05, 3.63) is 32.7 Å². The van der Waals surface area contributed by atoms with Crippen LogP contribution < -0.4 is 5.32 Å².